The van der Waals surface area contributed by atoms with Crippen LogP contribution in [0.15, 0.2) is 65.1 Å². The Balaban J connectivity index is 1.76. The molecule has 0 radical (unpaired) electrons. The van der Waals surface area contributed by atoms with Gasteiger partial charge < -0.3 is 14.2 Å². The van der Waals surface area contributed by atoms with Crippen molar-refractivity contribution >= 4 is 39.0 Å². The van der Waals surface area contributed by atoms with Gasteiger partial charge in [-0.15, -0.1) is 0 Å². The van der Waals surface area contributed by atoms with E-state index in [1.165, 1.54) is 33.4 Å². The molecule has 0 spiro atoms. The van der Waals surface area contributed by atoms with Gasteiger partial charge in [0.05, 0.1) is 11.4 Å². The van der Waals surface area contributed by atoms with Gasteiger partial charge in [0.2, 0.25) is 0 Å². The van der Waals surface area contributed by atoms with Gasteiger partial charge in [0.1, 0.15) is 17.3 Å². The highest BCUT2D eigenvalue weighted by Gasteiger charge is 2.32. The summed E-state index contributed by atoms with van der Waals surface area (Å²) in [5.41, 5.74) is 6.83. The Morgan fingerprint density at radius 2 is 1.52 bits per heavy atom. The van der Waals surface area contributed by atoms with E-state index in [4.69, 9.17) is 4.42 Å². The minimum atomic E-state index is 0.262. The molecule has 1 aromatic heterocycles. The zero-order chi connectivity index (χ0) is 17.1. The lowest BCUT2D eigenvalue weighted by atomic mass is 10.1. The molecule has 0 N–H and O–H groups in total. The number of benzene rings is 3. The maximum atomic E-state index is 6.19. The highest BCUT2D eigenvalue weighted by molar-refractivity contribution is 6.07. The van der Waals surface area contributed by atoms with E-state index in [0.29, 0.717) is 0 Å². The number of fused-ring (bicyclic) bond motifs is 4. The number of hydrogen-bond acceptors (Lipinski definition) is 3. The first-order valence-electron chi connectivity index (χ1n) is 8.69. The summed E-state index contributed by atoms with van der Waals surface area (Å²) in [5.74, 6) is 0. The lowest BCUT2D eigenvalue weighted by Gasteiger charge is -2.29. The molecular weight excluding hydrogens is 308 g/mol. The Kier molecular flexibility index (Phi) is 2.90. The molecule has 0 aliphatic carbocycles. The largest absolute Gasteiger partial charge is 0.456 e. The van der Waals surface area contributed by atoms with Gasteiger partial charge in [0.25, 0.3) is 0 Å². The molecule has 1 unspecified atom stereocenters. The molecule has 0 saturated heterocycles. The van der Waals surface area contributed by atoms with Crippen molar-refractivity contribution in [3.8, 4) is 0 Å². The molecule has 4 aromatic rings. The van der Waals surface area contributed by atoms with Crippen LogP contribution in [0.4, 0.5) is 17.1 Å². The number of hydrogen-bond donors (Lipinski definition) is 0. The summed E-state index contributed by atoms with van der Waals surface area (Å²) in [6.07, 6.45) is 0.262. The van der Waals surface area contributed by atoms with Crippen molar-refractivity contribution in [1.82, 2.24) is 0 Å². The molecule has 124 valence electrons. The Bertz CT molecular complexity index is 1110. The van der Waals surface area contributed by atoms with Crippen LogP contribution < -0.4 is 9.80 Å². The van der Waals surface area contributed by atoms with E-state index in [1.807, 2.05) is 12.1 Å². The van der Waals surface area contributed by atoms with Crippen LogP contribution in [0.3, 0.4) is 0 Å². The van der Waals surface area contributed by atoms with E-state index in [0.717, 1.165) is 11.2 Å². The van der Waals surface area contributed by atoms with Crippen molar-refractivity contribution in [2.24, 2.45) is 0 Å². The topological polar surface area (TPSA) is 19.6 Å². The maximum Gasteiger partial charge on any atom is 0.140 e. The Morgan fingerprint density at radius 1 is 0.800 bits per heavy atom. The summed E-state index contributed by atoms with van der Waals surface area (Å²) in [4.78, 5) is 4.72. The fourth-order valence-corrected chi connectivity index (χ4v) is 4.05. The molecule has 0 fully saturated rings. The SMILES string of the molecule is Cc1c(N2c3ccccc3N(C)C2C)ccc2c1oc1ccccc12. The second kappa shape index (κ2) is 5.03. The molecule has 25 heavy (non-hydrogen) atoms. The van der Waals surface area contributed by atoms with E-state index >= 15 is 0 Å². The lowest BCUT2D eigenvalue weighted by Crippen LogP contribution is -2.35. The molecule has 1 atom stereocenters. The van der Waals surface area contributed by atoms with Crippen molar-refractivity contribution in [2.75, 3.05) is 16.8 Å². The zero-order valence-corrected chi connectivity index (χ0v) is 14.7. The molecule has 5 rings (SSSR count). The van der Waals surface area contributed by atoms with Gasteiger partial charge in [-0.3, -0.25) is 0 Å². The molecule has 2 heterocycles. The summed E-state index contributed by atoms with van der Waals surface area (Å²) < 4.78 is 6.19. The van der Waals surface area contributed by atoms with Crippen molar-refractivity contribution in [3.63, 3.8) is 0 Å². The first-order valence-corrected chi connectivity index (χ1v) is 8.69. The quantitative estimate of drug-likeness (QED) is 0.438. The molecule has 0 bridgehead atoms. The molecular formula is C22H20N2O. The summed E-state index contributed by atoms with van der Waals surface area (Å²) in [5, 5.41) is 2.37. The summed E-state index contributed by atoms with van der Waals surface area (Å²) in [6, 6.07) is 21.2. The van der Waals surface area contributed by atoms with Crippen LogP contribution in [0.25, 0.3) is 21.9 Å². The van der Waals surface area contributed by atoms with E-state index in [9.17, 15) is 0 Å². The summed E-state index contributed by atoms with van der Waals surface area (Å²) in [7, 11) is 2.15. The molecule has 3 nitrogen and oxygen atoms in total. The number of anilines is 3. The fraction of sp³-hybridized carbons (Fsp3) is 0.182. The van der Waals surface area contributed by atoms with E-state index in [-0.39, 0.29) is 6.17 Å². The third-order valence-electron chi connectivity index (χ3n) is 5.48. The van der Waals surface area contributed by atoms with Crippen LogP contribution in [-0.4, -0.2) is 13.2 Å². The fourth-order valence-electron chi connectivity index (χ4n) is 4.05. The third-order valence-corrected chi connectivity index (χ3v) is 5.48. The third kappa shape index (κ3) is 1.86. The first kappa shape index (κ1) is 14.4. The second-order valence-corrected chi connectivity index (χ2v) is 6.79. The van der Waals surface area contributed by atoms with Crippen LogP contribution in [0.5, 0.6) is 0 Å². The average molecular weight is 328 g/mol. The van der Waals surface area contributed by atoms with Gasteiger partial charge in [-0.1, -0.05) is 30.3 Å². The van der Waals surface area contributed by atoms with Crippen LogP contribution in [-0.2, 0) is 0 Å². The number of nitrogens with zero attached hydrogens (tertiary/aromatic N) is 2. The Hall–Kier alpha value is -2.94. The van der Waals surface area contributed by atoms with Gasteiger partial charge in [-0.25, -0.2) is 0 Å². The monoisotopic (exact) mass is 328 g/mol. The van der Waals surface area contributed by atoms with E-state index in [1.54, 1.807) is 0 Å². The second-order valence-electron chi connectivity index (χ2n) is 6.79. The molecule has 0 saturated carbocycles. The summed E-state index contributed by atoms with van der Waals surface area (Å²) >= 11 is 0. The van der Waals surface area contributed by atoms with Crippen molar-refractivity contribution < 1.29 is 4.42 Å². The predicted molar refractivity (Wildman–Crippen MR) is 105 cm³/mol. The molecule has 1 aliphatic rings. The number of aryl methyl sites for hydroxylation is 1. The standard InChI is InChI=1S/C22H20N2O/c1-14-18(24-15(2)23(3)19-9-5-6-10-20(19)24)13-12-17-16-8-4-7-11-21(16)25-22(14)17/h4-13,15H,1-3H3. The highest BCUT2D eigenvalue weighted by Crippen LogP contribution is 2.45. The first-order chi connectivity index (χ1) is 12.2. The minimum Gasteiger partial charge on any atom is -0.456 e. The van der Waals surface area contributed by atoms with E-state index in [2.05, 4.69) is 79.2 Å². The van der Waals surface area contributed by atoms with Gasteiger partial charge in [0.15, 0.2) is 0 Å². The van der Waals surface area contributed by atoms with Gasteiger partial charge in [0, 0.05) is 29.1 Å². The van der Waals surface area contributed by atoms with Crippen molar-refractivity contribution in [3.05, 3.63) is 66.2 Å². The molecule has 0 amide bonds. The van der Waals surface area contributed by atoms with Crippen molar-refractivity contribution in [1.29, 1.82) is 0 Å². The maximum absolute atomic E-state index is 6.19. The predicted octanol–water partition coefficient (Wildman–Crippen LogP) is 5.83. The Labute approximate surface area is 147 Å². The van der Waals surface area contributed by atoms with Gasteiger partial charge >= 0.3 is 0 Å². The number of rotatable bonds is 1. The zero-order valence-electron chi connectivity index (χ0n) is 14.7. The van der Waals surface area contributed by atoms with Gasteiger partial charge in [-0.05, 0) is 44.2 Å². The van der Waals surface area contributed by atoms with Crippen LogP contribution in [0.2, 0.25) is 0 Å². The van der Waals surface area contributed by atoms with Crippen LogP contribution >= 0.6 is 0 Å². The van der Waals surface area contributed by atoms with E-state index < -0.39 is 0 Å². The number of furan rings is 1. The highest BCUT2D eigenvalue weighted by atomic mass is 16.3. The van der Waals surface area contributed by atoms with Crippen LogP contribution in [0.1, 0.15) is 12.5 Å². The number of para-hydroxylation sites is 3. The van der Waals surface area contributed by atoms with Crippen LogP contribution in [0, 0.1) is 6.92 Å². The molecule has 1 aliphatic heterocycles. The van der Waals surface area contributed by atoms with Crippen molar-refractivity contribution in [2.45, 2.75) is 20.0 Å². The molecule has 3 aromatic carbocycles. The smallest absolute Gasteiger partial charge is 0.140 e. The Morgan fingerprint density at radius 3 is 2.36 bits per heavy atom. The van der Waals surface area contributed by atoms with Gasteiger partial charge in [-0.2, -0.15) is 0 Å². The molecule has 3 heteroatoms. The summed E-state index contributed by atoms with van der Waals surface area (Å²) in [6.45, 7) is 4.40. The normalized spacial score (nSPS) is 16.8. The minimum absolute atomic E-state index is 0.262. The average Bonchev–Trinajstić information content (AvgIpc) is 3.13. The lowest BCUT2D eigenvalue weighted by molar-refractivity contribution is 0.664.